The molecule has 1 heterocycles. The van der Waals surface area contributed by atoms with E-state index in [1.54, 1.807) is 23.1 Å². The molecule has 6 heteroatoms. The van der Waals surface area contributed by atoms with Gasteiger partial charge in [0.2, 0.25) is 0 Å². The molecule has 0 aromatic carbocycles. The minimum absolute atomic E-state index is 0.126. The van der Waals surface area contributed by atoms with Crippen LogP contribution in [0, 0.1) is 12.8 Å². The van der Waals surface area contributed by atoms with Crippen LogP contribution in [-0.2, 0) is 0 Å². The van der Waals surface area contributed by atoms with E-state index < -0.39 is 0 Å². The summed E-state index contributed by atoms with van der Waals surface area (Å²) >= 11 is 3.32. The topological polar surface area (TPSA) is 58.0 Å². The largest absolute Gasteiger partial charge is 0.394 e. The maximum atomic E-state index is 9.69. The fourth-order valence-electron chi connectivity index (χ4n) is 2.06. The van der Waals surface area contributed by atoms with Gasteiger partial charge >= 0.3 is 0 Å². The minimum Gasteiger partial charge on any atom is -0.394 e. The third-order valence-corrected chi connectivity index (χ3v) is 5.36. The summed E-state index contributed by atoms with van der Waals surface area (Å²) in [7, 11) is 0. The van der Waals surface area contributed by atoms with Gasteiger partial charge in [0.15, 0.2) is 4.34 Å². The summed E-state index contributed by atoms with van der Waals surface area (Å²) < 4.78 is 0.999. The molecular formula is C11H19N3OS2. The van der Waals surface area contributed by atoms with Crippen LogP contribution in [0.15, 0.2) is 4.34 Å². The summed E-state index contributed by atoms with van der Waals surface area (Å²) in [4.78, 5) is 0. The molecule has 1 aliphatic rings. The quantitative estimate of drug-likeness (QED) is 0.740. The van der Waals surface area contributed by atoms with E-state index in [9.17, 15) is 5.11 Å². The van der Waals surface area contributed by atoms with E-state index in [2.05, 4.69) is 22.4 Å². The lowest BCUT2D eigenvalue weighted by atomic mass is 9.97. The first-order valence-corrected chi connectivity index (χ1v) is 7.79. The van der Waals surface area contributed by atoms with Crippen molar-refractivity contribution in [1.82, 2.24) is 15.5 Å². The van der Waals surface area contributed by atoms with Gasteiger partial charge in [-0.25, -0.2) is 0 Å². The summed E-state index contributed by atoms with van der Waals surface area (Å²) in [6.45, 7) is 5.15. The van der Waals surface area contributed by atoms with E-state index in [0.29, 0.717) is 5.92 Å². The number of hydrogen-bond acceptors (Lipinski definition) is 6. The van der Waals surface area contributed by atoms with Crippen LogP contribution in [-0.4, -0.2) is 39.7 Å². The minimum atomic E-state index is -0.126. The number of rotatable bonds is 7. The molecule has 96 valence electrons. The van der Waals surface area contributed by atoms with E-state index >= 15 is 0 Å². The normalized spacial score (nSPS) is 19.2. The van der Waals surface area contributed by atoms with E-state index in [1.165, 1.54) is 12.8 Å². The van der Waals surface area contributed by atoms with Crippen LogP contribution in [0.2, 0.25) is 0 Å². The number of aliphatic hydroxyl groups is 1. The number of nitrogens with one attached hydrogen (secondary N) is 1. The fourth-order valence-corrected chi connectivity index (χ4v) is 4.16. The Hall–Kier alpha value is -0.170. The van der Waals surface area contributed by atoms with Crippen LogP contribution in [0.4, 0.5) is 0 Å². The van der Waals surface area contributed by atoms with Crippen molar-refractivity contribution in [3.8, 4) is 0 Å². The molecule has 1 aromatic rings. The van der Waals surface area contributed by atoms with Gasteiger partial charge in [0.05, 0.1) is 12.1 Å². The maximum Gasteiger partial charge on any atom is 0.174 e. The summed E-state index contributed by atoms with van der Waals surface area (Å²) in [5.41, 5.74) is -0.126. The first kappa shape index (κ1) is 13.3. The molecule has 4 nitrogen and oxygen atoms in total. The Kier molecular flexibility index (Phi) is 4.41. The van der Waals surface area contributed by atoms with Crippen molar-refractivity contribution in [2.75, 3.05) is 18.9 Å². The van der Waals surface area contributed by atoms with Gasteiger partial charge in [0.1, 0.15) is 5.01 Å². The van der Waals surface area contributed by atoms with Crippen LogP contribution in [0.25, 0.3) is 0 Å². The fraction of sp³-hybridized carbons (Fsp3) is 0.818. The smallest absolute Gasteiger partial charge is 0.174 e. The lowest BCUT2D eigenvalue weighted by Gasteiger charge is -2.32. The molecule has 0 aliphatic heterocycles. The third-order valence-electron chi connectivity index (χ3n) is 3.13. The average molecular weight is 273 g/mol. The van der Waals surface area contributed by atoms with Crippen LogP contribution in [0.1, 0.15) is 24.8 Å². The molecule has 2 N–H and O–H groups in total. The highest BCUT2D eigenvalue weighted by Crippen LogP contribution is 2.42. The Labute approximate surface area is 110 Å². The summed E-state index contributed by atoms with van der Waals surface area (Å²) in [6, 6.07) is 0. The van der Waals surface area contributed by atoms with E-state index in [1.807, 2.05) is 6.92 Å². The Morgan fingerprint density at radius 1 is 1.53 bits per heavy atom. The Balaban J connectivity index is 1.97. The van der Waals surface area contributed by atoms with Crippen molar-refractivity contribution in [2.45, 2.75) is 36.6 Å². The van der Waals surface area contributed by atoms with E-state index in [0.717, 1.165) is 21.6 Å². The molecular weight excluding hydrogens is 254 g/mol. The van der Waals surface area contributed by atoms with Crippen molar-refractivity contribution >= 4 is 23.1 Å². The van der Waals surface area contributed by atoms with Crippen LogP contribution < -0.4 is 5.32 Å². The Bertz CT molecular complexity index is 367. The number of aryl methyl sites for hydroxylation is 1. The Morgan fingerprint density at radius 3 is 2.76 bits per heavy atom. The van der Waals surface area contributed by atoms with Crippen molar-refractivity contribution < 1.29 is 5.11 Å². The lowest BCUT2D eigenvalue weighted by molar-refractivity contribution is 0.161. The number of aromatic nitrogens is 2. The molecule has 1 saturated carbocycles. The summed E-state index contributed by atoms with van der Waals surface area (Å²) in [5, 5.41) is 22.3. The standard InChI is InChI=1S/C11H19N3OS2/c1-3-12-11(6-15,9-4-5-9)7-16-10-14-13-8(2)17-10/h9,12,15H,3-7H2,1-2H3. The molecule has 1 aliphatic carbocycles. The summed E-state index contributed by atoms with van der Waals surface area (Å²) in [6.07, 6.45) is 2.45. The van der Waals surface area contributed by atoms with Crippen LogP contribution in [0.5, 0.6) is 0 Å². The molecule has 1 atom stereocenters. The molecule has 0 saturated heterocycles. The van der Waals surface area contributed by atoms with Gasteiger partial charge in [-0.1, -0.05) is 30.0 Å². The monoisotopic (exact) mass is 273 g/mol. The molecule has 2 rings (SSSR count). The molecule has 0 bridgehead atoms. The maximum absolute atomic E-state index is 9.69. The lowest BCUT2D eigenvalue weighted by Crippen LogP contribution is -2.52. The zero-order valence-corrected chi connectivity index (χ0v) is 11.9. The molecule has 0 spiro atoms. The number of thioether (sulfide) groups is 1. The molecule has 0 amide bonds. The van der Waals surface area contributed by atoms with Gasteiger partial charge in [-0.05, 0) is 32.2 Å². The predicted molar refractivity (Wildman–Crippen MR) is 71.6 cm³/mol. The molecule has 1 fully saturated rings. The molecule has 1 unspecified atom stereocenters. The van der Waals surface area contributed by atoms with Gasteiger partial charge < -0.3 is 10.4 Å². The second-order valence-corrected chi connectivity index (χ2v) is 6.90. The highest BCUT2D eigenvalue weighted by atomic mass is 32.2. The predicted octanol–water partition coefficient (Wildman–Crippen LogP) is 1.69. The average Bonchev–Trinajstić information content (AvgIpc) is 3.09. The van der Waals surface area contributed by atoms with Crippen LogP contribution in [0.3, 0.4) is 0 Å². The SMILES string of the molecule is CCNC(CO)(CSc1nnc(C)s1)C1CC1. The first-order valence-electron chi connectivity index (χ1n) is 5.99. The molecule has 17 heavy (non-hydrogen) atoms. The zero-order valence-electron chi connectivity index (χ0n) is 10.3. The summed E-state index contributed by atoms with van der Waals surface area (Å²) in [5.74, 6) is 1.49. The van der Waals surface area contributed by atoms with E-state index in [-0.39, 0.29) is 12.1 Å². The first-order chi connectivity index (χ1) is 8.20. The van der Waals surface area contributed by atoms with Gasteiger partial charge in [-0.2, -0.15) is 0 Å². The van der Waals surface area contributed by atoms with Crippen molar-refractivity contribution in [3.63, 3.8) is 0 Å². The van der Waals surface area contributed by atoms with Gasteiger partial charge in [0, 0.05) is 5.75 Å². The Morgan fingerprint density at radius 2 is 2.29 bits per heavy atom. The highest BCUT2D eigenvalue weighted by Gasteiger charge is 2.44. The van der Waals surface area contributed by atoms with Crippen molar-refractivity contribution in [1.29, 1.82) is 0 Å². The highest BCUT2D eigenvalue weighted by molar-refractivity contribution is 8.01. The van der Waals surface area contributed by atoms with Crippen LogP contribution >= 0.6 is 23.1 Å². The van der Waals surface area contributed by atoms with Gasteiger partial charge in [0.25, 0.3) is 0 Å². The number of nitrogens with zero attached hydrogens (tertiary/aromatic N) is 2. The van der Waals surface area contributed by atoms with Gasteiger partial charge in [-0.3, -0.25) is 0 Å². The molecule has 1 aromatic heterocycles. The molecule has 0 radical (unpaired) electrons. The second kappa shape index (κ2) is 5.65. The second-order valence-electron chi connectivity index (χ2n) is 4.49. The number of likely N-dealkylation sites (N-methyl/N-ethyl adjacent to an activating group) is 1. The van der Waals surface area contributed by atoms with E-state index in [4.69, 9.17) is 0 Å². The number of hydrogen-bond donors (Lipinski definition) is 2. The third kappa shape index (κ3) is 3.19. The zero-order chi connectivity index (χ0) is 12.3. The number of aliphatic hydroxyl groups excluding tert-OH is 1. The van der Waals surface area contributed by atoms with Crippen molar-refractivity contribution in [2.24, 2.45) is 5.92 Å². The van der Waals surface area contributed by atoms with Gasteiger partial charge in [-0.15, -0.1) is 10.2 Å². The van der Waals surface area contributed by atoms with Crippen molar-refractivity contribution in [3.05, 3.63) is 5.01 Å².